The van der Waals surface area contributed by atoms with E-state index in [1.54, 1.807) is 16.8 Å². The molecule has 2 N–H and O–H groups in total. The molecule has 0 aliphatic rings. The van der Waals surface area contributed by atoms with E-state index in [0.29, 0.717) is 22.3 Å². The molecule has 0 amide bonds. The number of rotatable bonds is 4. The average molecular weight is 467 g/mol. The lowest BCUT2D eigenvalue weighted by molar-refractivity contribution is 0.934. The van der Waals surface area contributed by atoms with Gasteiger partial charge in [0.2, 0.25) is 0 Å². The highest BCUT2D eigenvalue weighted by molar-refractivity contribution is 9.10. The van der Waals surface area contributed by atoms with Crippen LogP contribution in [0, 0.1) is 0 Å². The topological polar surface area (TPSA) is 83.3 Å². The van der Waals surface area contributed by atoms with Gasteiger partial charge >= 0.3 is 0 Å². The molecule has 0 aliphatic heterocycles. The van der Waals surface area contributed by atoms with E-state index >= 15 is 0 Å². The van der Waals surface area contributed by atoms with Crippen molar-refractivity contribution in [2.75, 3.05) is 5.43 Å². The Hall–Kier alpha value is -3.23. The van der Waals surface area contributed by atoms with Crippen LogP contribution in [-0.2, 0) is 0 Å². The maximum absolute atomic E-state index is 5.97. The Kier molecular flexibility index (Phi) is 4.49. The maximum Gasteiger partial charge on any atom is 0.185 e. The zero-order valence-corrected chi connectivity index (χ0v) is 17.2. The third-order valence-electron chi connectivity index (χ3n) is 4.42. The molecule has 0 radical (unpaired) electrons. The van der Waals surface area contributed by atoms with E-state index in [1.807, 2.05) is 54.7 Å². The summed E-state index contributed by atoms with van der Waals surface area (Å²) in [4.78, 5) is 3.23. The first-order chi connectivity index (χ1) is 14.2. The quantitative estimate of drug-likeness (QED) is 0.284. The van der Waals surface area contributed by atoms with Crippen molar-refractivity contribution in [3.8, 4) is 11.4 Å². The summed E-state index contributed by atoms with van der Waals surface area (Å²) in [7, 11) is 0. The summed E-state index contributed by atoms with van der Waals surface area (Å²) in [6.45, 7) is 0. The first-order valence-electron chi connectivity index (χ1n) is 8.71. The molecule has 0 unspecified atom stereocenters. The molecule has 2 aromatic carbocycles. The van der Waals surface area contributed by atoms with E-state index in [0.717, 1.165) is 26.5 Å². The minimum atomic E-state index is 0.574. The predicted molar refractivity (Wildman–Crippen MR) is 118 cm³/mol. The van der Waals surface area contributed by atoms with Gasteiger partial charge in [-0.05, 0) is 54.6 Å². The second-order valence-corrected chi connectivity index (χ2v) is 7.68. The fourth-order valence-corrected chi connectivity index (χ4v) is 3.50. The minimum absolute atomic E-state index is 0.574. The van der Waals surface area contributed by atoms with Crippen molar-refractivity contribution in [2.45, 2.75) is 0 Å². The van der Waals surface area contributed by atoms with Crippen molar-refractivity contribution in [3.05, 3.63) is 75.9 Å². The molecular formula is C20H13BrClN7. The number of nitrogens with one attached hydrogen (secondary N) is 2. The van der Waals surface area contributed by atoms with Gasteiger partial charge in [0.05, 0.1) is 6.21 Å². The summed E-state index contributed by atoms with van der Waals surface area (Å²) in [6.07, 6.45) is 3.67. The standard InChI is InChI=1S/C20H13BrClN7/c21-14-3-6-17-16(9-14)13(10-23-17)11-24-25-18-7-8-19-26-27-20(29(19)28-18)12-1-4-15(22)5-2-12/h1-11,23H,(H,25,28)/b24-11+. The number of benzene rings is 2. The van der Waals surface area contributed by atoms with Crippen LogP contribution in [0.4, 0.5) is 5.82 Å². The number of anilines is 1. The van der Waals surface area contributed by atoms with Crippen LogP contribution >= 0.6 is 27.5 Å². The summed E-state index contributed by atoms with van der Waals surface area (Å²) in [6, 6.07) is 17.1. The van der Waals surface area contributed by atoms with Gasteiger partial charge in [0.1, 0.15) is 0 Å². The van der Waals surface area contributed by atoms with Gasteiger partial charge in [-0.15, -0.1) is 15.3 Å². The highest BCUT2D eigenvalue weighted by atomic mass is 79.9. The van der Waals surface area contributed by atoms with Crippen molar-refractivity contribution in [2.24, 2.45) is 5.10 Å². The molecule has 5 rings (SSSR count). The SMILES string of the molecule is Clc1ccc(-c2nnc3ccc(N/N=C/c4c[nH]c5ccc(Br)cc45)nn23)cc1. The highest BCUT2D eigenvalue weighted by Crippen LogP contribution is 2.22. The van der Waals surface area contributed by atoms with Crippen molar-refractivity contribution < 1.29 is 0 Å². The molecule has 0 aliphatic carbocycles. The number of hydrogen-bond acceptors (Lipinski definition) is 5. The Morgan fingerprint density at radius 1 is 1.07 bits per heavy atom. The van der Waals surface area contributed by atoms with Crippen LogP contribution in [0.2, 0.25) is 5.02 Å². The predicted octanol–water partition coefficient (Wildman–Crippen LogP) is 5.13. The number of aromatic nitrogens is 5. The number of fused-ring (bicyclic) bond motifs is 2. The second kappa shape index (κ2) is 7.31. The van der Waals surface area contributed by atoms with E-state index in [1.165, 1.54) is 0 Å². The molecule has 0 fully saturated rings. The third kappa shape index (κ3) is 3.48. The largest absolute Gasteiger partial charge is 0.361 e. The molecule has 0 bridgehead atoms. The number of H-pyrrole nitrogens is 1. The van der Waals surface area contributed by atoms with Crippen LogP contribution in [0.3, 0.4) is 0 Å². The molecule has 0 saturated carbocycles. The van der Waals surface area contributed by atoms with Crippen molar-refractivity contribution >= 4 is 56.1 Å². The van der Waals surface area contributed by atoms with Gasteiger partial charge in [0, 0.05) is 37.7 Å². The number of hydrazone groups is 1. The summed E-state index contributed by atoms with van der Waals surface area (Å²) in [5, 5.41) is 19.0. The van der Waals surface area contributed by atoms with Crippen molar-refractivity contribution in [3.63, 3.8) is 0 Å². The molecule has 0 atom stereocenters. The summed E-state index contributed by atoms with van der Waals surface area (Å²) in [5.74, 6) is 1.20. The zero-order valence-electron chi connectivity index (χ0n) is 14.8. The Morgan fingerprint density at radius 3 is 2.79 bits per heavy atom. The summed E-state index contributed by atoms with van der Waals surface area (Å²) < 4.78 is 2.69. The maximum atomic E-state index is 5.97. The smallest absolute Gasteiger partial charge is 0.185 e. The van der Waals surface area contributed by atoms with E-state index in [-0.39, 0.29) is 0 Å². The monoisotopic (exact) mass is 465 g/mol. The van der Waals surface area contributed by atoms with Gasteiger partial charge in [-0.1, -0.05) is 27.5 Å². The molecule has 142 valence electrons. The first kappa shape index (κ1) is 17.8. The van der Waals surface area contributed by atoms with Gasteiger partial charge in [0.25, 0.3) is 0 Å². The van der Waals surface area contributed by atoms with E-state index in [4.69, 9.17) is 11.6 Å². The molecule has 29 heavy (non-hydrogen) atoms. The average Bonchev–Trinajstić information content (AvgIpc) is 3.32. The van der Waals surface area contributed by atoms with Gasteiger partial charge < -0.3 is 4.98 Å². The normalized spacial score (nSPS) is 11.7. The number of nitrogens with zero attached hydrogens (tertiary/aromatic N) is 5. The van der Waals surface area contributed by atoms with Crippen LogP contribution in [-0.4, -0.2) is 31.0 Å². The molecule has 0 saturated heterocycles. The van der Waals surface area contributed by atoms with Crippen molar-refractivity contribution in [1.82, 2.24) is 24.8 Å². The van der Waals surface area contributed by atoms with Crippen LogP contribution in [0.15, 0.2) is 70.4 Å². The van der Waals surface area contributed by atoms with Gasteiger partial charge in [-0.25, -0.2) is 0 Å². The first-order valence-corrected chi connectivity index (χ1v) is 9.88. The second-order valence-electron chi connectivity index (χ2n) is 6.32. The molecule has 5 aromatic rings. The molecule has 0 spiro atoms. The Labute approximate surface area is 178 Å². The Balaban J connectivity index is 1.43. The van der Waals surface area contributed by atoms with Crippen LogP contribution in [0.5, 0.6) is 0 Å². The molecule has 7 nitrogen and oxygen atoms in total. The molecular weight excluding hydrogens is 454 g/mol. The van der Waals surface area contributed by atoms with Gasteiger partial charge in [-0.3, -0.25) is 5.43 Å². The molecule has 3 heterocycles. The Morgan fingerprint density at radius 2 is 1.93 bits per heavy atom. The minimum Gasteiger partial charge on any atom is -0.361 e. The lowest BCUT2D eigenvalue weighted by atomic mass is 10.2. The zero-order chi connectivity index (χ0) is 19.8. The fourth-order valence-electron chi connectivity index (χ4n) is 3.02. The fraction of sp³-hybridized carbons (Fsp3) is 0. The number of halogens is 2. The molecule has 3 aromatic heterocycles. The van der Waals surface area contributed by atoms with Crippen LogP contribution < -0.4 is 5.43 Å². The number of aromatic amines is 1. The lowest BCUT2D eigenvalue weighted by Gasteiger charge is -2.02. The van der Waals surface area contributed by atoms with Gasteiger partial charge in [0.15, 0.2) is 17.3 Å². The van der Waals surface area contributed by atoms with Gasteiger partial charge in [-0.2, -0.15) is 9.62 Å². The van der Waals surface area contributed by atoms with Crippen molar-refractivity contribution in [1.29, 1.82) is 0 Å². The Bertz CT molecular complexity index is 1350. The summed E-state index contributed by atoms with van der Waals surface area (Å²) in [5.41, 5.74) is 6.51. The third-order valence-corrected chi connectivity index (χ3v) is 5.17. The lowest BCUT2D eigenvalue weighted by Crippen LogP contribution is -2.00. The van der Waals surface area contributed by atoms with E-state index in [2.05, 4.69) is 46.7 Å². The number of hydrogen-bond donors (Lipinski definition) is 2. The van der Waals surface area contributed by atoms with E-state index in [9.17, 15) is 0 Å². The highest BCUT2D eigenvalue weighted by Gasteiger charge is 2.10. The molecule has 9 heteroatoms. The van der Waals surface area contributed by atoms with Crippen LogP contribution in [0.1, 0.15) is 5.56 Å². The van der Waals surface area contributed by atoms with E-state index < -0.39 is 0 Å². The summed E-state index contributed by atoms with van der Waals surface area (Å²) >= 11 is 9.47. The van der Waals surface area contributed by atoms with Crippen LogP contribution in [0.25, 0.3) is 27.9 Å².